The van der Waals surface area contributed by atoms with Crippen LogP contribution in [-0.4, -0.2) is 45.4 Å². The van der Waals surface area contributed by atoms with Gasteiger partial charge in [0.25, 0.3) is 0 Å². The van der Waals surface area contributed by atoms with Gasteiger partial charge in [0.05, 0.1) is 6.20 Å². The lowest BCUT2D eigenvalue weighted by atomic mass is 9.97. The normalized spacial score (nSPS) is 17.7. The Kier molecular flexibility index (Phi) is 3.51. The Hall–Kier alpha value is -1.43. The monoisotopic (exact) mass is 223 g/mol. The molecule has 1 fully saturated rings. The van der Waals surface area contributed by atoms with E-state index in [0.29, 0.717) is 5.92 Å². The van der Waals surface area contributed by atoms with Gasteiger partial charge in [-0.1, -0.05) is 5.21 Å². The summed E-state index contributed by atoms with van der Waals surface area (Å²) in [6.45, 7) is 2.64. The van der Waals surface area contributed by atoms with Gasteiger partial charge in [-0.3, -0.25) is 4.79 Å². The lowest BCUT2D eigenvalue weighted by molar-refractivity contribution is -0.133. The molecule has 0 aromatic carbocycles. The summed E-state index contributed by atoms with van der Waals surface area (Å²) in [7, 11) is 0. The summed E-state index contributed by atoms with van der Waals surface area (Å²) in [5, 5.41) is 7.45. The first kappa shape index (κ1) is 11.1. The van der Waals surface area contributed by atoms with E-state index in [1.807, 2.05) is 4.90 Å². The van der Waals surface area contributed by atoms with Crippen LogP contribution in [-0.2, 0) is 11.3 Å². The van der Waals surface area contributed by atoms with Crippen molar-refractivity contribution < 1.29 is 4.79 Å². The van der Waals surface area contributed by atoms with E-state index in [1.165, 1.54) is 0 Å². The van der Waals surface area contributed by atoms with E-state index in [0.717, 1.165) is 32.5 Å². The van der Waals surface area contributed by atoms with Gasteiger partial charge in [0.2, 0.25) is 5.91 Å². The fourth-order valence-corrected chi connectivity index (χ4v) is 1.97. The average molecular weight is 223 g/mol. The number of piperidine rings is 1. The lowest BCUT2D eigenvalue weighted by Crippen LogP contribution is -2.41. The van der Waals surface area contributed by atoms with Crippen molar-refractivity contribution in [2.75, 3.05) is 19.6 Å². The van der Waals surface area contributed by atoms with Crippen LogP contribution in [0.5, 0.6) is 0 Å². The van der Waals surface area contributed by atoms with Crippen molar-refractivity contribution in [2.24, 2.45) is 11.7 Å². The van der Waals surface area contributed by atoms with E-state index in [4.69, 9.17) is 5.73 Å². The number of carbonyl (C=O) groups is 1. The molecule has 1 saturated heterocycles. The highest BCUT2D eigenvalue weighted by molar-refractivity contribution is 5.75. The minimum absolute atomic E-state index is 0.112. The van der Waals surface area contributed by atoms with Crippen LogP contribution in [0.25, 0.3) is 0 Å². The summed E-state index contributed by atoms with van der Waals surface area (Å²) in [5.74, 6) is 0.691. The topological polar surface area (TPSA) is 77.0 Å². The third-order valence-electron chi connectivity index (χ3n) is 3.07. The van der Waals surface area contributed by atoms with Crippen LogP contribution in [0.2, 0.25) is 0 Å². The molecule has 88 valence electrons. The Morgan fingerprint density at radius 1 is 1.44 bits per heavy atom. The highest BCUT2D eigenvalue weighted by Crippen LogP contribution is 2.15. The fraction of sp³-hybridized carbons (Fsp3) is 0.700. The number of likely N-dealkylation sites (tertiary alicyclic amines) is 1. The summed E-state index contributed by atoms with van der Waals surface area (Å²) in [4.78, 5) is 13.7. The summed E-state index contributed by atoms with van der Waals surface area (Å²) in [5.41, 5.74) is 5.61. The summed E-state index contributed by atoms with van der Waals surface area (Å²) >= 11 is 0. The number of aromatic nitrogens is 3. The molecule has 0 atom stereocenters. The number of carbonyl (C=O) groups excluding carboxylic acids is 1. The van der Waals surface area contributed by atoms with Crippen molar-refractivity contribution in [1.82, 2.24) is 19.9 Å². The van der Waals surface area contributed by atoms with Gasteiger partial charge in [-0.05, 0) is 25.3 Å². The Labute approximate surface area is 94.4 Å². The van der Waals surface area contributed by atoms with Crippen molar-refractivity contribution in [3.05, 3.63) is 12.4 Å². The van der Waals surface area contributed by atoms with Gasteiger partial charge in [0.1, 0.15) is 6.54 Å². The minimum atomic E-state index is 0.112. The molecule has 16 heavy (non-hydrogen) atoms. The van der Waals surface area contributed by atoms with Crippen LogP contribution in [0.3, 0.4) is 0 Å². The van der Waals surface area contributed by atoms with Crippen molar-refractivity contribution >= 4 is 5.91 Å². The van der Waals surface area contributed by atoms with Gasteiger partial charge in [0, 0.05) is 19.3 Å². The predicted molar refractivity (Wildman–Crippen MR) is 58.4 cm³/mol. The second kappa shape index (κ2) is 5.07. The Morgan fingerprint density at radius 2 is 2.19 bits per heavy atom. The average Bonchev–Trinajstić information content (AvgIpc) is 2.82. The maximum Gasteiger partial charge on any atom is 0.244 e. The smallest absolute Gasteiger partial charge is 0.244 e. The van der Waals surface area contributed by atoms with Crippen LogP contribution in [0.4, 0.5) is 0 Å². The first-order valence-electron chi connectivity index (χ1n) is 5.61. The van der Waals surface area contributed by atoms with Crippen molar-refractivity contribution in [1.29, 1.82) is 0 Å². The third-order valence-corrected chi connectivity index (χ3v) is 3.07. The maximum atomic E-state index is 11.9. The fourth-order valence-electron chi connectivity index (χ4n) is 1.97. The molecule has 0 unspecified atom stereocenters. The van der Waals surface area contributed by atoms with E-state index in [2.05, 4.69) is 10.3 Å². The van der Waals surface area contributed by atoms with Crippen LogP contribution in [0.15, 0.2) is 12.4 Å². The Balaban J connectivity index is 1.82. The second-order valence-corrected chi connectivity index (χ2v) is 4.16. The molecule has 0 bridgehead atoms. The van der Waals surface area contributed by atoms with Crippen molar-refractivity contribution in [2.45, 2.75) is 19.4 Å². The van der Waals surface area contributed by atoms with Crippen LogP contribution in [0, 0.1) is 5.92 Å². The number of nitrogens with two attached hydrogens (primary N) is 1. The standard InChI is InChI=1S/C10H17N5O/c11-7-9-1-4-14(5-2-9)10(16)8-15-6-3-12-13-15/h3,6,9H,1-2,4-5,7-8,11H2. The molecule has 1 aromatic rings. The lowest BCUT2D eigenvalue weighted by Gasteiger charge is -2.31. The molecular formula is C10H17N5O. The number of amides is 1. The van der Waals surface area contributed by atoms with E-state index >= 15 is 0 Å². The zero-order chi connectivity index (χ0) is 11.4. The molecule has 1 amide bonds. The highest BCUT2D eigenvalue weighted by atomic mass is 16.2. The van der Waals surface area contributed by atoms with E-state index in [9.17, 15) is 4.79 Å². The van der Waals surface area contributed by atoms with Crippen molar-refractivity contribution in [3.63, 3.8) is 0 Å². The van der Waals surface area contributed by atoms with Gasteiger partial charge in [-0.2, -0.15) is 0 Å². The highest BCUT2D eigenvalue weighted by Gasteiger charge is 2.21. The summed E-state index contributed by atoms with van der Waals surface area (Å²) in [6, 6.07) is 0. The van der Waals surface area contributed by atoms with Gasteiger partial charge >= 0.3 is 0 Å². The maximum absolute atomic E-state index is 11.9. The number of rotatable bonds is 3. The van der Waals surface area contributed by atoms with Crippen molar-refractivity contribution in [3.8, 4) is 0 Å². The zero-order valence-corrected chi connectivity index (χ0v) is 9.25. The largest absolute Gasteiger partial charge is 0.341 e. The minimum Gasteiger partial charge on any atom is -0.341 e. The number of hydrogen-bond donors (Lipinski definition) is 1. The van der Waals surface area contributed by atoms with E-state index in [1.54, 1.807) is 17.1 Å². The molecule has 1 aromatic heterocycles. The molecule has 0 aliphatic carbocycles. The Bertz CT molecular complexity index is 329. The molecule has 6 nitrogen and oxygen atoms in total. The van der Waals surface area contributed by atoms with Crippen LogP contribution >= 0.6 is 0 Å². The molecule has 6 heteroatoms. The Morgan fingerprint density at radius 3 is 2.75 bits per heavy atom. The number of nitrogens with zero attached hydrogens (tertiary/aromatic N) is 4. The molecule has 0 spiro atoms. The van der Waals surface area contributed by atoms with Gasteiger partial charge in [-0.15, -0.1) is 5.10 Å². The van der Waals surface area contributed by atoms with Gasteiger partial charge in [0.15, 0.2) is 0 Å². The van der Waals surface area contributed by atoms with Gasteiger partial charge < -0.3 is 10.6 Å². The quantitative estimate of drug-likeness (QED) is 0.747. The molecule has 2 rings (SSSR count). The first-order valence-corrected chi connectivity index (χ1v) is 5.61. The molecule has 1 aliphatic rings. The molecule has 0 saturated carbocycles. The molecule has 2 heterocycles. The SMILES string of the molecule is NCC1CCN(C(=O)Cn2ccnn2)CC1. The summed E-state index contributed by atoms with van der Waals surface area (Å²) in [6.07, 6.45) is 5.30. The predicted octanol–water partition coefficient (Wildman–Crippen LogP) is -0.525. The van der Waals surface area contributed by atoms with Gasteiger partial charge in [-0.25, -0.2) is 4.68 Å². The molecule has 0 radical (unpaired) electrons. The molecular weight excluding hydrogens is 206 g/mol. The first-order chi connectivity index (χ1) is 7.79. The molecule has 2 N–H and O–H groups in total. The molecule has 1 aliphatic heterocycles. The van der Waals surface area contributed by atoms with Crippen LogP contribution < -0.4 is 5.73 Å². The summed E-state index contributed by atoms with van der Waals surface area (Å²) < 4.78 is 1.55. The number of hydrogen-bond acceptors (Lipinski definition) is 4. The third kappa shape index (κ3) is 2.57. The van der Waals surface area contributed by atoms with Crippen LogP contribution in [0.1, 0.15) is 12.8 Å². The zero-order valence-electron chi connectivity index (χ0n) is 9.25. The van der Waals surface area contributed by atoms with E-state index < -0.39 is 0 Å². The van der Waals surface area contributed by atoms with E-state index in [-0.39, 0.29) is 12.5 Å². The second-order valence-electron chi connectivity index (χ2n) is 4.16.